The van der Waals surface area contributed by atoms with Crippen LogP contribution in [-0.4, -0.2) is 51.5 Å². The van der Waals surface area contributed by atoms with Gasteiger partial charge in [0.15, 0.2) is 9.84 Å². The molecule has 0 radical (unpaired) electrons. The predicted molar refractivity (Wildman–Crippen MR) is 90.2 cm³/mol. The maximum atomic E-state index is 11.6. The molecule has 4 nitrogen and oxygen atoms in total. The van der Waals surface area contributed by atoms with Gasteiger partial charge >= 0.3 is 0 Å². The van der Waals surface area contributed by atoms with Gasteiger partial charge in [-0.15, -0.1) is 0 Å². The molecule has 0 spiro atoms. The summed E-state index contributed by atoms with van der Waals surface area (Å²) in [6.07, 6.45) is 1.72. The molecule has 2 rings (SSSR count). The molecular formula is C15H23BrN2O2S. The maximum Gasteiger partial charge on any atom is 0.151 e. The number of hydrogen-bond acceptors (Lipinski definition) is 4. The third kappa shape index (κ3) is 4.77. The molecule has 0 amide bonds. The van der Waals surface area contributed by atoms with Crippen LogP contribution in [0.25, 0.3) is 0 Å². The number of hydrogen-bond donors (Lipinski definition) is 1. The average Bonchev–Trinajstić information content (AvgIpc) is 2.80. The summed E-state index contributed by atoms with van der Waals surface area (Å²) >= 11 is 3.50. The second kappa shape index (κ2) is 7.22. The summed E-state index contributed by atoms with van der Waals surface area (Å²) in [6, 6.07) is 8.76. The van der Waals surface area contributed by atoms with Crippen molar-refractivity contribution >= 4 is 25.8 Å². The Morgan fingerprint density at radius 2 is 2.24 bits per heavy atom. The third-order valence-corrected chi connectivity index (χ3v) is 6.45. The highest BCUT2D eigenvalue weighted by molar-refractivity contribution is 9.10. The van der Waals surface area contributed by atoms with Gasteiger partial charge in [-0.2, -0.15) is 0 Å². The largest absolute Gasteiger partial charge is 0.313 e. The third-order valence-electron chi connectivity index (χ3n) is 4.20. The van der Waals surface area contributed by atoms with Crippen LogP contribution in [0.2, 0.25) is 0 Å². The minimum absolute atomic E-state index is 0.176. The van der Waals surface area contributed by atoms with Crippen molar-refractivity contribution in [3.63, 3.8) is 0 Å². The summed E-state index contributed by atoms with van der Waals surface area (Å²) in [6.45, 7) is 0.887. The van der Waals surface area contributed by atoms with E-state index in [1.807, 2.05) is 26.2 Å². The molecule has 118 valence electrons. The van der Waals surface area contributed by atoms with Crippen LogP contribution >= 0.6 is 15.9 Å². The molecule has 1 aliphatic rings. The minimum Gasteiger partial charge on any atom is -0.313 e. The Morgan fingerprint density at radius 3 is 2.81 bits per heavy atom. The molecule has 0 aliphatic carbocycles. The first-order valence-corrected chi connectivity index (χ1v) is 9.86. The molecule has 1 aliphatic heterocycles. The Hall–Kier alpha value is -0.430. The van der Waals surface area contributed by atoms with Crippen molar-refractivity contribution in [2.75, 3.05) is 32.1 Å². The van der Waals surface area contributed by atoms with Crippen LogP contribution in [0.4, 0.5) is 0 Å². The van der Waals surface area contributed by atoms with E-state index >= 15 is 0 Å². The molecule has 0 aromatic heterocycles. The average molecular weight is 375 g/mol. The minimum atomic E-state index is -2.81. The van der Waals surface area contributed by atoms with Crippen molar-refractivity contribution in [1.82, 2.24) is 10.2 Å². The fraction of sp³-hybridized carbons (Fsp3) is 0.600. The van der Waals surface area contributed by atoms with Gasteiger partial charge < -0.3 is 10.2 Å². The summed E-state index contributed by atoms with van der Waals surface area (Å²) in [7, 11) is 1.18. The summed E-state index contributed by atoms with van der Waals surface area (Å²) in [5.41, 5.74) is 1.25. The van der Waals surface area contributed by atoms with Crippen LogP contribution in [0.1, 0.15) is 24.4 Å². The number of benzene rings is 1. The van der Waals surface area contributed by atoms with Crippen LogP contribution in [0, 0.1) is 0 Å². The van der Waals surface area contributed by atoms with Crippen LogP contribution < -0.4 is 5.32 Å². The lowest BCUT2D eigenvalue weighted by Gasteiger charge is -2.26. The SMILES string of the molecule is CNC(CCN(C)C1CCS(=O)(=O)C1)c1cccc(Br)c1. The van der Waals surface area contributed by atoms with Crippen LogP contribution in [0.5, 0.6) is 0 Å². The van der Waals surface area contributed by atoms with Gasteiger partial charge in [-0.3, -0.25) is 0 Å². The van der Waals surface area contributed by atoms with Crippen molar-refractivity contribution in [2.45, 2.75) is 24.9 Å². The molecule has 1 heterocycles. The number of halogens is 1. The molecule has 2 atom stereocenters. The maximum absolute atomic E-state index is 11.6. The lowest BCUT2D eigenvalue weighted by Crippen LogP contribution is -2.35. The number of sulfone groups is 1. The molecule has 1 aromatic rings. The quantitative estimate of drug-likeness (QED) is 0.829. The summed E-state index contributed by atoms with van der Waals surface area (Å²) in [5.74, 6) is 0.647. The fourth-order valence-corrected chi connectivity index (χ4v) is 5.06. The monoisotopic (exact) mass is 374 g/mol. The molecule has 6 heteroatoms. The summed E-state index contributed by atoms with van der Waals surface area (Å²) in [4.78, 5) is 2.19. The van der Waals surface area contributed by atoms with E-state index in [1.54, 1.807) is 0 Å². The molecule has 1 N–H and O–H groups in total. The first-order chi connectivity index (χ1) is 9.91. The van der Waals surface area contributed by atoms with E-state index in [0.29, 0.717) is 11.5 Å². The normalized spacial score (nSPS) is 22.6. The van der Waals surface area contributed by atoms with E-state index in [4.69, 9.17) is 0 Å². The lowest BCUT2D eigenvalue weighted by atomic mass is 10.0. The summed E-state index contributed by atoms with van der Waals surface area (Å²) in [5, 5.41) is 3.34. The molecule has 1 aromatic carbocycles. The molecule has 0 bridgehead atoms. The highest BCUT2D eigenvalue weighted by Crippen LogP contribution is 2.22. The standard InChI is InChI=1S/C15H23BrN2O2S/c1-17-15(12-4-3-5-13(16)10-12)6-8-18(2)14-7-9-21(19,20)11-14/h3-5,10,14-15,17H,6-9,11H2,1-2H3. The zero-order valence-corrected chi connectivity index (χ0v) is 15.0. The molecule has 21 heavy (non-hydrogen) atoms. The Morgan fingerprint density at radius 1 is 1.48 bits per heavy atom. The Kier molecular flexibility index (Phi) is 5.82. The second-order valence-electron chi connectivity index (χ2n) is 5.72. The second-order valence-corrected chi connectivity index (χ2v) is 8.87. The van der Waals surface area contributed by atoms with Crippen molar-refractivity contribution in [3.8, 4) is 0 Å². The van der Waals surface area contributed by atoms with Gasteiger partial charge in [-0.1, -0.05) is 28.1 Å². The van der Waals surface area contributed by atoms with Gasteiger partial charge in [-0.05, 0) is 51.2 Å². The van der Waals surface area contributed by atoms with Gasteiger partial charge in [0.05, 0.1) is 11.5 Å². The van der Waals surface area contributed by atoms with E-state index < -0.39 is 9.84 Å². The van der Waals surface area contributed by atoms with Gasteiger partial charge in [0.2, 0.25) is 0 Å². The molecule has 1 fully saturated rings. The van der Waals surface area contributed by atoms with E-state index in [-0.39, 0.29) is 12.1 Å². The molecule has 0 saturated carbocycles. The smallest absolute Gasteiger partial charge is 0.151 e. The first kappa shape index (κ1) is 16.9. The van der Waals surface area contributed by atoms with E-state index in [9.17, 15) is 8.42 Å². The summed E-state index contributed by atoms with van der Waals surface area (Å²) < 4.78 is 24.2. The Labute approximate surface area is 136 Å². The highest BCUT2D eigenvalue weighted by atomic mass is 79.9. The van der Waals surface area contributed by atoms with Crippen molar-refractivity contribution in [2.24, 2.45) is 0 Å². The Balaban J connectivity index is 1.91. The zero-order chi connectivity index (χ0) is 15.5. The predicted octanol–water partition coefficient (Wildman–Crippen LogP) is 2.22. The lowest BCUT2D eigenvalue weighted by molar-refractivity contribution is 0.248. The van der Waals surface area contributed by atoms with Gasteiger partial charge in [0.1, 0.15) is 0 Å². The van der Waals surface area contributed by atoms with E-state index in [0.717, 1.165) is 23.9 Å². The van der Waals surface area contributed by atoms with E-state index in [1.165, 1.54) is 5.56 Å². The van der Waals surface area contributed by atoms with Gasteiger partial charge in [0, 0.05) is 16.6 Å². The van der Waals surface area contributed by atoms with Crippen LogP contribution in [-0.2, 0) is 9.84 Å². The Bertz CT molecular complexity index is 577. The van der Waals surface area contributed by atoms with Gasteiger partial charge in [-0.25, -0.2) is 8.42 Å². The zero-order valence-electron chi connectivity index (χ0n) is 12.5. The van der Waals surface area contributed by atoms with Crippen LogP contribution in [0.3, 0.4) is 0 Å². The number of nitrogens with one attached hydrogen (secondary N) is 1. The van der Waals surface area contributed by atoms with Crippen molar-refractivity contribution in [1.29, 1.82) is 0 Å². The first-order valence-electron chi connectivity index (χ1n) is 7.24. The van der Waals surface area contributed by atoms with E-state index in [2.05, 4.69) is 38.3 Å². The number of rotatable bonds is 6. The fourth-order valence-electron chi connectivity index (χ4n) is 2.84. The number of nitrogens with zero attached hydrogens (tertiary/aromatic N) is 1. The molecule has 2 unspecified atom stereocenters. The molecular weight excluding hydrogens is 352 g/mol. The molecule has 1 saturated heterocycles. The van der Waals surface area contributed by atoms with Crippen molar-refractivity contribution < 1.29 is 8.42 Å². The highest BCUT2D eigenvalue weighted by Gasteiger charge is 2.30. The van der Waals surface area contributed by atoms with Crippen LogP contribution in [0.15, 0.2) is 28.7 Å². The van der Waals surface area contributed by atoms with Gasteiger partial charge in [0.25, 0.3) is 0 Å². The van der Waals surface area contributed by atoms with Crippen molar-refractivity contribution in [3.05, 3.63) is 34.3 Å². The topological polar surface area (TPSA) is 49.4 Å².